The number of aldehydes is 1. The number of rotatable bonds is 4. The third-order valence-electron chi connectivity index (χ3n) is 2.69. The first-order valence-electron chi connectivity index (χ1n) is 4.81. The molecular formula is C11H11F2NO. The van der Waals surface area contributed by atoms with Crippen molar-refractivity contribution in [2.45, 2.75) is 18.4 Å². The highest BCUT2D eigenvalue weighted by atomic mass is 19.1. The number of halogens is 2. The Morgan fingerprint density at radius 1 is 1.27 bits per heavy atom. The van der Waals surface area contributed by atoms with E-state index in [2.05, 4.69) is 5.32 Å². The third-order valence-corrected chi connectivity index (χ3v) is 2.69. The zero-order chi connectivity index (χ0) is 10.9. The molecule has 1 aliphatic carbocycles. The van der Waals surface area contributed by atoms with Gasteiger partial charge in [-0.1, -0.05) is 0 Å². The lowest BCUT2D eigenvalue weighted by atomic mass is 10.0. The summed E-state index contributed by atoms with van der Waals surface area (Å²) < 4.78 is 25.9. The lowest BCUT2D eigenvalue weighted by molar-refractivity contribution is -0.107. The van der Waals surface area contributed by atoms with Crippen molar-refractivity contribution in [2.24, 2.45) is 0 Å². The monoisotopic (exact) mass is 211 g/mol. The molecule has 0 aromatic heterocycles. The molecular weight excluding hydrogens is 200 g/mol. The van der Waals surface area contributed by atoms with Crippen molar-refractivity contribution < 1.29 is 13.6 Å². The van der Waals surface area contributed by atoms with Gasteiger partial charge in [-0.25, -0.2) is 8.78 Å². The number of carbonyl (C=O) groups is 1. The maximum Gasteiger partial charge on any atom is 0.133 e. The van der Waals surface area contributed by atoms with Crippen LogP contribution in [0.2, 0.25) is 0 Å². The fourth-order valence-corrected chi connectivity index (χ4v) is 1.76. The predicted octanol–water partition coefficient (Wildman–Crippen LogP) is 1.74. The molecule has 0 aliphatic heterocycles. The Labute approximate surface area is 86.3 Å². The van der Waals surface area contributed by atoms with Crippen molar-refractivity contribution in [3.63, 3.8) is 0 Å². The third kappa shape index (κ3) is 2.04. The summed E-state index contributed by atoms with van der Waals surface area (Å²) in [5.74, 6) is -1.16. The molecule has 1 fully saturated rings. The van der Waals surface area contributed by atoms with Crippen LogP contribution in [0.25, 0.3) is 0 Å². The van der Waals surface area contributed by atoms with Gasteiger partial charge in [0.25, 0.3) is 0 Å². The largest absolute Gasteiger partial charge is 0.302 e. The zero-order valence-electron chi connectivity index (χ0n) is 8.09. The van der Waals surface area contributed by atoms with Crippen LogP contribution in [0.5, 0.6) is 0 Å². The minimum atomic E-state index is -0.579. The van der Waals surface area contributed by atoms with Gasteiger partial charge in [0, 0.05) is 11.6 Å². The summed E-state index contributed by atoms with van der Waals surface area (Å²) in [5.41, 5.74) is 0.200. The van der Waals surface area contributed by atoms with Gasteiger partial charge in [0.05, 0.1) is 6.54 Å². The molecule has 0 saturated heterocycles. The Balaban J connectivity index is 2.24. The van der Waals surface area contributed by atoms with Crippen LogP contribution in [0, 0.1) is 11.6 Å². The van der Waals surface area contributed by atoms with Gasteiger partial charge in [-0.15, -0.1) is 0 Å². The van der Waals surface area contributed by atoms with E-state index in [1.807, 2.05) is 0 Å². The fourth-order valence-electron chi connectivity index (χ4n) is 1.76. The van der Waals surface area contributed by atoms with Gasteiger partial charge in [0.1, 0.15) is 17.9 Å². The van der Waals surface area contributed by atoms with Crippen LogP contribution >= 0.6 is 0 Å². The quantitative estimate of drug-likeness (QED) is 0.768. The highest BCUT2D eigenvalue weighted by Gasteiger charge is 2.44. The van der Waals surface area contributed by atoms with Crippen LogP contribution in [0.3, 0.4) is 0 Å². The zero-order valence-corrected chi connectivity index (χ0v) is 8.09. The molecule has 0 unspecified atom stereocenters. The lowest BCUT2D eigenvalue weighted by Gasteiger charge is -2.16. The van der Waals surface area contributed by atoms with Crippen LogP contribution in [-0.2, 0) is 10.3 Å². The van der Waals surface area contributed by atoms with Crippen LogP contribution < -0.4 is 5.32 Å². The van der Waals surface area contributed by atoms with Gasteiger partial charge in [0.2, 0.25) is 0 Å². The summed E-state index contributed by atoms with van der Waals surface area (Å²) in [6, 6.07) is 3.47. The molecule has 0 amide bonds. The first-order valence-corrected chi connectivity index (χ1v) is 4.81. The van der Waals surface area contributed by atoms with Gasteiger partial charge in [-0.3, -0.25) is 0 Å². The predicted molar refractivity (Wildman–Crippen MR) is 51.3 cm³/mol. The van der Waals surface area contributed by atoms with E-state index >= 15 is 0 Å². The van der Waals surface area contributed by atoms with Crippen molar-refractivity contribution in [1.82, 2.24) is 5.32 Å². The van der Waals surface area contributed by atoms with Crippen molar-refractivity contribution in [3.8, 4) is 0 Å². The normalized spacial score (nSPS) is 17.5. The fraction of sp³-hybridized carbons (Fsp3) is 0.364. The molecule has 1 aromatic carbocycles. The number of carbonyl (C=O) groups excluding carboxylic acids is 1. The van der Waals surface area contributed by atoms with E-state index in [9.17, 15) is 13.6 Å². The molecule has 0 spiro atoms. The number of benzene rings is 1. The molecule has 1 N–H and O–H groups in total. The SMILES string of the molecule is O=CCNC1(c2cc(F)cc(F)c2)CC1. The van der Waals surface area contributed by atoms with E-state index in [0.717, 1.165) is 25.2 Å². The van der Waals surface area contributed by atoms with E-state index in [4.69, 9.17) is 0 Å². The van der Waals surface area contributed by atoms with Gasteiger partial charge < -0.3 is 10.1 Å². The average molecular weight is 211 g/mol. The maximum atomic E-state index is 13.0. The van der Waals surface area contributed by atoms with Crippen LogP contribution in [0.15, 0.2) is 18.2 Å². The Kier molecular flexibility index (Phi) is 2.52. The second-order valence-corrected chi connectivity index (χ2v) is 3.79. The maximum absolute atomic E-state index is 13.0. The van der Waals surface area contributed by atoms with Gasteiger partial charge in [-0.05, 0) is 30.5 Å². The smallest absolute Gasteiger partial charge is 0.133 e. The van der Waals surface area contributed by atoms with Crippen molar-refractivity contribution in [3.05, 3.63) is 35.4 Å². The molecule has 0 bridgehead atoms. The second kappa shape index (κ2) is 3.70. The van der Waals surface area contributed by atoms with E-state index in [1.54, 1.807) is 0 Å². The Morgan fingerprint density at radius 2 is 1.87 bits per heavy atom. The van der Waals surface area contributed by atoms with Crippen LogP contribution in [-0.4, -0.2) is 12.8 Å². The minimum absolute atomic E-state index is 0.206. The molecule has 1 aromatic rings. The van der Waals surface area contributed by atoms with Crippen molar-refractivity contribution >= 4 is 6.29 Å². The minimum Gasteiger partial charge on any atom is -0.302 e. The molecule has 0 radical (unpaired) electrons. The molecule has 80 valence electrons. The van der Waals surface area contributed by atoms with Crippen molar-refractivity contribution in [2.75, 3.05) is 6.54 Å². The summed E-state index contributed by atoms with van der Waals surface area (Å²) in [7, 11) is 0. The highest BCUT2D eigenvalue weighted by molar-refractivity contribution is 5.52. The highest BCUT2D eigenvalue weighted by Crippen LogP contribution is 2.45. The molecule has 1 saturated carbocycles. The lowest BCUT2D eigenvalue weighted by Crippen LogP contribution is -2.30. The summed E-state index contributed by atoms with van der Waals surface area (Å²) in [4.78, 5) is 10.2. The molecule has 2 rings (SSSR count). The van der Waals surface area contributed by atoms with E-state index in [1.165, 1.54) is 12.1 Å². The molecule has 2 nitrogen and oxygen atoms in total. The Hall–Kier alpha value is -1.29. The Morgan fingerprint density at radius 3 is 2.33 bits per heavy atom. The second-order valence-electron chi connectivity index (χ2n) is 3.79. The molecule has 15 heavy (non-hydrogen) atoms. The summed E-state index contributed by atoms with van der Waals surface area (Å²) in [6.45, 7) is 0.206. The molecule has 0 heterocycles. The topological polar surface area (TPSA) is 29.1 Å². The Bertz CT molecular complexity index is 368. The first-order chi connectivity index (χ1) is 7.16. The molecule has 1 aliphatic rings. The summed E-state index contributed by atoms with van der Waals surface area (Å²) >= 11 is 0. The summed E-state index contributed by atoms with van der Waals surface area (Å²) in [6.07, 6.45) is 2.36. The summed E-state index contributed by atoms with van der Waals surface area (Å²) in [5, 5.41) is 2.99. The number of hydrogen-bond acceptors (Lipinski definition) is 2. The van der Waals surface area contributed by atoms with Gasteiger partial charge >= 0.3 is 0 Å². The van der Waals surface area contributed by atoms with Crippen LogP contribution in [0.1, 0.15) is 18.4 Å². The van der Waals surface area contributed by atoms with Gasteiger partial charge in [-0.2, -0.15) is 0 Å². The molecule has 4 heteroatoms. The van der Waals surface area contributed by atoms with E-state index in [-0.39, 0.29) is 12.1 Å². The van der Waals surface area contributed by atoms with E-state index in [0.29, 0.717) is 5.56 Å². The first kappa shape index (κ1) is 10.2. The van der Waals surface area contributed by atoms with Crippen molar-refractivity contribution in [1.29, 1.82) is 0 Å². The standard InChI is InChI=1S/C11H11F2NO/c12-9-5-8(6-10(13)7-9)11(1-2-11)14-3-4-15/h4-7,14H,1-3H2. The van der Waals surface area contributed by atoms with E-state index < -0.39 is 11.6 Å². The molecule has 0 atom stereocenters. The average Bonchev–Trinajstić information content (AvgIpc) is 2.94. The van der Waals surface area contributed by atoms with Gasteiger partial charge in [0.15, 0.2) is 0 Å². The number of nitrogens with one attached hydrogen (secondary N) is 1. The number of hydrogen-bond donors (Lipinski definition) is 1. The van der Waals surface area contributed by atoms with Crippen LogP contribution in [0.4, 0.5) is 8.78 Å².